The van der Waals surface area contributed by atoms with Crippen molar-refractivity contribution in [1.29, 1.82) is 0 Å². The summed E-state index contributed by atoms with van der Waals surface area (Å²) in [6.07, 6.45) is 3.49. The fourth-order valence-electron chi connectivity index (χ4n) is 1.98. The number of hydrogen-bond acceptors (Lipinski definition) is 5. The van der Waals surface area contributed by atoms with Gasteiger partial charge in [0.05, 0.1) is 17.0 Å². The van der Waals surface area contributed by atoms with E-state index < -0.39 is 12.0 Å². The number of nitrogens with one attached hydrogen (secondary N) is 1. The summed E-state index contributed by atoms with van der Waals surface area (Å²) in [5.41, 5.74) is 0.487. The van der Waals surface area contributed by atoms with Gasteiger partial charge in [-0.2, -0.15) is 0 Å². The van der Waals surface area contributed by atoms with E-state index in [0.717, 1.165) is 17.7 Å². The Hall–Kier alpha value is -2.15. The Morgan fingerprint density at radius 3 is 2.95 bits per heavy atom. The molecule has 0 aliphatic rings. The van der Waals surface area contributed by atoms with Crippen molar-refractivity contribution in [3.8, 4) is 10.8 Å². The summed E-state index contributed by atoms with van der Waals surface area (Å²) < 4.78 is 5.33. The Labute approximate surface area is 132 Å². The van der Waals surface area contributed by atoms with Crippen molar-refractivity contribution < 1.29 is 19.1 Å². The number of carbonyl (C=O) groups excluding carboxylic acids is 1. The number of nitrogens with zero attached hydrogens (tertiary/aromatic N) is 1. The summed E-state index contributed by atoms with van der Waals surface area (Å²) in [5.74, 6) is -0.908. The molecule has 118 valence electrons. The molecule has 2 rings (SSSR count). The number of amides is 1. The standard InChI is InChI=1S/C15H18N2O4S/c1-2-3-5-11(15(19)20)17-13(18)8-10-9-21-14(16-10)12-6-4-7-22-12/h4,6-7,9,11H,2-3,5,8H2,1H3,(H,17,18)(H,19,20)/t11-/m0/s1. The summed E-state index contributed by atoms with van der Waals surface area (Å²) in [7, 11) is 0. The second-order valence-electron chi connectivity index (χ2n) is 4.90. The van der Waals surface area contributed by atoms with Crippen LogP contribution in [-0.4, -0.2) is 28.0 Å². The van der Waals surface area contributed by atoms with E-state index >= 15 is 0 Å². The summed E-state index contributed by atoms with van der Waals surface area (Å²) >= 11 is 1.50. The summed E-state index contributed by atoms with van der Waals surface area (Å²) in [4.78, 5) is 28.2. The number of carboxylic acids is 1. The van der Waals surface area contributed by atoms with Gasteiger partial charge in [0.1, 0.15) is 12.3 Å². The second-order valence-corrected chi connectivity index (χ2v) is 5.85. The molecule has 7 heteroatoms. The monoisotopic (exact) mass is 322 g/mol. The molecule has 6 nitrogen and oxygen atoms in total. The van der Waals surface area contributed by atoms with Gasteiger partial charge in [-0.15, -0.1) is 11.3 Å². The molecule has 1 amide bonds. The molecular weight excluding hydrogens is 304 g/mol. The fraction of sp³-hybridized carbons (Fsp3) is 0.400. The van der Waals surface area contributed by atoms with Crippen LogP contribution in [0.1, 0.15) is 31.9 Å². The van der Waals surface area contributed by atoms with Gasteiger partial charge in [-0.1, -0.05) is 25.8 Å². The Morgan fingerprint density at radius 1 is 1.50 bits per heavy atom. The molecule has 2 heterocycles. The lowest BCUT2D eigenvalue weighted by Gasteiger charge is -2.13. The first-order valence-electron chi connectivity index (χ1n) is 7.10. The number of oxazole rings is 1. The molecule has 0 unspecified atom stereocenters. The van der Waals surface area contributed by atoms with Crippen molar-refractivity contribution in [2.45, 2.75) is 38.6 Å². The molecule has 0 aliphatic heterocycles. The van der Waals surface area contributed by atoms with Crippen LogP contribution in [0.15, 0.2) is 28.2 Å². The van der Waals surface area contributed by atoms with Crippen LogP contribution in [0.3, 0.4) is 0 Å². The van der Waals surface area contributed by atoms with Crippen LogP contribution in [0.4, 0.5) is 0 Å². The van der Waals surface area contributed by atoms with Gasteiger partial charge < -0.3 is 14.8 Å². The maximum absolute atomic E-state index is 11.9. The van der Waals surface area contributed by atoms with Gasteiger partial charge in [0.25, 0.3) is 0 Å². The molecule has 22 heavy (non-hydrogen) atoms. The number of unbranched alkanes of at least 4 members (excludes halogenated alkanes) is 1. The van der Waals surface area contributed by atoms with Crippen LogP contribution >= 0.6 is 11.3 Å². The number of rotatable bonds is 8. The highest BCUT2D eigenvalue weighted by molar-refractivity contribution is 7.13. The number of hydrogen-bond donors (Lipinski definition) is 2. The average Bonchev–Trinajstić information content (AvgIpc) is 3.13. The molecule has 0 aromatic carbocycles. The molecule has 0 bridgehead atoms. The van der Waals surface area contributed by atoms with E-state index in [1.807, 2.05) is 24.4 Å². The van der Waals surface area contributed by atoms with E-state index in [1.165, 1.54) is 17.6 Å². The molecule has 2 aromatic rings. The average molecular weight is 322 g/mol. The van der Waals surface area contributed by atoms with Gasteiger partial charge in [-0.3, -0.25) is 4.79 Å². The molecule has 0 aliphatic carbocycles. The third-order valence-corrected chi connectivity index (χ3v) is 3.96. The molecule has 0 fully saturated rings. The van der Waals surface area contributed by atoms with Crippen LogP contribution in [0.25, 0.3) is 10.8 Å². The molecule has 1 atom stereocenters. The Kier molecular flexibility index (Phi) is 5.71. The molecule has 2 N–H and O–H groups in total. The van der Waals surface area contributed by atoms with Crippen LogP contribution in [0.5, 0.6) is 0 Å². The molecule has 2 aromatic heterocycles. The first-order valence-corrected chi connectivity index (χ1v) is 7.98. The lowest BCUT2D eigenvalue weighted by Crippen LogP contribution is -2.41. The largest absolute Gasteiger partial charge is 0.480 e. The summed E-state index contributed by atoms with van der Waals surface area (Å²) in [6, 6.07) is 2.92. The van der Waals surface area contributed by atoms with Gasteiger partial charge in [-0.25, -0.2) is 9.78 Å². The highest BCUT2D eigenvalue weighted by Gasteiger charge is 2.20. The van der Waals surface area contributed by atoms with Crippen LogP contribution in [-0.2, 0) is 16.0 Å². The van der Waals surface area contributed by atoms with E-state index in [9.17, 15) is 9.59 Å². The molecule has 0 spiro atoms. The van der Waals surface area contributed by atoms with E-state index in [4.69, 9.17) is 9.52 Å². The predicted octanol–water partition coefficient (Wildman–Crippen LogP) is 2.71. The van der Waals surface area contributed by atoms with E-state index in [1.54, 1.807) is 0 Å². The third-order valence-electron chi connectivity index (χ3n) is 3.11. The Balaban J connectivity index is 1.92. The first-order chi connectivity index (χ1) is 10.6. The third kappa shape index (κ3) is 4.42. The zero-order chi connectivity index (χ0) is 15.9. The van der Waals surface area contributed by atoms with Gasteiger partial charge in [0.15, 0.2) is 0 Å². The van der Waals surface area contributed by atoms with Gasteiger partial charge in [-0.05, 0) is 17.9 Å². The smallest absolute Gasteiger partial charge is 0.326 e. The van der Waals surface area contributed by atoms with E-state index in [2.05, 4.69) is 10.3 Å². The zero-order valence-corrected chi connectivity index (χ0v) is 13.1. The van der Waals surface area contributed by atoms with Crippen molar-refractivity contribution in [2.24, 2.45) is 0 Å². The maximum Gasteiger partial charge on any atom is 0.326 e. The lowest BCUT2D eigenvalue weighted by atomic mass is 10.1. The lowest BCUT2D eigenvalue weighted by molar-refractivity contribution is -0.142. The maximum atomic E-state index is 11.9. The van der Waals surface area contributed by atoms with Crippen LogP contribution < -0.4 is 5.32 Å². The minimum Gasteiger partial charge on any atom is -0.480 e. The fourth-order valence-corrected chi connectivity index (χ4v) is 2.63. The van der Waals surface area contributed by atoms with E-state index in [0.29, 0.717) is 18.0 Å². The highest BCUT2D eigenvalue weighted by atomic mass is 32.1. The predicted molar refractivity (Wildman–Crippen MR) is 82.6 cm³/mol. The van der Waals surface area contributed by atoms with Crippen molar-refractivity contribution >= 4 is 23.2 Å². The molecule has 0 saturated carbocycles. The number of aliphatic carboxylic acids is 1. The van der Waals surface area contributed by atoms with Gasteiger partial charge in [0.2, 0.25) is 11.8 Å². The van der Waals surface area contributed by atoms with E-state index in [-0.39, 0.29) is 12.3 Å². The van der Waals surface area contributed by atoms with Crippen molar-refractivity contribution in [3.63, 3.8) is 0 Å². The van der Waals surface area contributed by atoms with Gasteiger partial charge in [0, 0.05) is 0 Å². The normalized spacial score (nSPS) is 12.0. The summed E-state index contributed by atoms with van der Waals surface area (Å²) in [6.45, 7) is 1.97. The zero-order valence-electron chi connectivity index (χ0n) is 12.2. The van der Waals surface area contributed by atoms with Crippen LogP contribution in [0, 0.1) is 0 Å². The SMILES string of the molecule is CCCC[C@H](NC(=O)Cc1coc(-c2cccs2)n1)C(=O)O. The van der Waals surface area contributed by atoms with Crippen LogP contribution in [0.2, 0.25) is 0 Å². The van der Waals surface area contributed by atoms with Crippen molar-refractivity contribution in [3.05, 3.63) is 29.5 Å². The number of carboxylic acid groups (broad SMARTS) is 1. The Morgan fingerprint density at radius 2 is 2.32 bits per heavy atom. The summed E-state index contributed by atoms with van der Waals surface area (Å²) in [5, 5.41) is 13.5. The Bertz CT molecular complexity index is 621. The van der Waals surface area contributed by atoms with Crippen molar-refractivity contribution in [1.82, 2.24) is 10.3 Å². The minimum atomic E-state index is -1.01. The molecular formula is C15H18N2O4S. The quantitative estimate of drug-likeness (QED) is 0.779. The number of aromatic nitrogens is 1. The number of carbonyl (C=O) groups is 2. The molecule has 0 radical (unpaired) electrons. The highest BCUT2D eigenvalue weighted by Crippen LogP contribution is 2.23. The number of thiophene rings is 1. The molecule has 0 saturated heterocycles. The second kappa shape index (κ2) is 7.74. The topological polar surface area (TPSA) is 92.4 Å². The van der Waals surface area contributed by atoms with Crippen molar-refractivity contribution in [2.75, 3.05) is 0 Å². The minimum absolute atomic E-state index is 0.00474. The van der Waals surface area contributed by atoms with Gasteiger partial charge >= 0.3 is 5.97 Å². The first kappa shape index (κ1) is 16.2.